The topological polar surface area (TPSA) is 60.9 Å². The molecule has 18 heavy (non-hydrogen) atoms. The first-order chi connectivity index (χ1) is 8.49. The third kappa shape index (κ3) is 2.94. The average Bonchev–Trinajstić information content (AvgIpc) is 3.06. The van der Waals surface area contributed by atoms with Gasteiger partial charge in [-0.05, 0) is 24.7 Å². The molecule has 102 valence electrons. The summed E-state index contributed by atoms with van der Waals surface area (Å²) in [4.78, 5) is 26.7. The van der Waals surface area contributed by atoms with Crippen molar-refractivity contribution in [3.8, 4) is 0 Å². The van der Waals surface area contributed by atoms with Crippen molar-refractivity contribution in [1.29, 1.82) is 0 Å². The third-order valence-corrected chi connectivity index (χ3v) is 4.06. The maximum Gasteiger partial charge on any atom is 0.320 e. The Balaban J connectivity index is 1.93. The molecule has 1 saturated carbocycles. The first-order valence-corrected chi connectivity index (χ1v) is 6.76. The van der Waals surface area contributed by atoms with Crippen molar-refractivity contribution in [2.24, 2.45) is 11.8 Å². The normalized spacial score (nSPS) is 27.3. The standard InChI is InChI=1S/C13H22N2O3/c1-9-7-14(8-10(9)2)13(18)15(11-3-4-11)6-5-12(16)17/h9-11H,3-8H2,1-2H3,(H,16,17). The Morgan fingerprint density at radius 3 is 2.22 bits per heavy atom. The molecular formula is C13H22N2O3. The van der Waals surface area contributed by atoms with Gasteiger partial charge in [-0.3, -0.25) is 4.79 Å². The maximum atomic E-state index is 12.4. The fourth-order valence-corrected chi connectivity index (χ4v) is 2.50. The van der Waals surface area contributed by atoms with Crippen LogP contribution < -0.4 is 0 Å². The van der Waals surface area contributed by atoms with Crippen LogP contribution in [-0.4, -0.2) is 52.6 Å². The number of urea groups is 1. The number of carbonyl (C=O) groups excluding carboxylic acids is 1. The first-order valence-electron chi connectivity index (χ1n) is 6.76. The van der Waals surface area contributed by atoms with Gasteiger partial charge in [0.2, 0.25) is 0 Å². The lowest BCUT2D eigenvalue weighted by atomic mass is 10.0. The Hall–Kier alpha value is -1.26. The predicted molar refractivity (Wildman–Crippen MR) is 67.3 cm³/mol. The molecule has 1 heterocycles. The molecule has 2 aliphatic rings. The molecule has 0 radical (unpaired) electrons. The molecule has 2 atom stereocenters. The van der Waals surface area contributed by atoms with Gasteiger partial charge in [-0.15, -0.1) is 0 Å². The zero-order valence-corrected chi connectivity index (χ0v) is 11.1. The second-order valence-electron chi connectivity index (χ2n) is 5.71. The molecule has 0 bridgehead atoms. The molecule has 1 N–H and O–H groups in total. The second-order valence-corrected chi connectivity index (χ2v) is 5.71. The SMILES string of the molecule is CC1CN(C(=O)N(CCC(=O)O)C2CC2)CC1C. The molecule has 1 saturated heterocycles. The van der Waals surface area contributed by atoms with Crippen LogP contribution in [0.3, 0.4) is 0 Å². The van der Waals surface area contributed by atoms with Crippen molar-refractivity contribution in [3.05, 3.63) is 0 Å². The Morgan fingerprint density at radius 1 is 1.22 bits per heavy atom. The van der Waals surface area contributed by atoms with Crippen LogP contribution in [0.25, 0.3) is 0 Å². The fourth-order valence-electron chi connectivity index (χ4n) is 2.50. The number of nitrogens with zero attached hydrogens (tertiary/aromatic N) is 2. The van der Waals surface area contributed by atoms with Crippen molar-refractivity contribution >= 4 is 12.0 Å². The minimum atomic E-state index is -0.836. The molecular weight excluding hydrogens is 232 g/mol. The number of amides is 2. The monoisotopic (exact) mass is 254 g/mol. The van der Waals surface area contributed by atoms with E-state index in [4.69, 9.17) is 5.11 Å². The lowest BCUT2D eigenvalue weighted by molar-refractivity contribution is -0.137. The van der Waals surface area contributed by atoms with Gasteiger partial charge in [-0.25, -0.2) is 4.79 Å². The number of hydrogen-bond acceptors (Lipinski definition) is 2. The summed E-state index contributed by atoms with van der Waals surface area (Å²) in [6, 6.07) is 0.318. The van der Waals surface area contributed by atoms with Crippen LogP contribution in [0.2, 0.25) is 0 Å². The van der Waals surface area contributed by atoms with Crippen LogP contribution in [0, 0.1) is 11.8 Å². The highest BCUT2D eigenvalue weighted by molar-refractivity contribution is 5.76. The molecule has 0 aromatic carbocycles. The lowest BCUT2D eigenvalue weighted by Gasteiger charge is -2.27. The van der Waals surface area contributed by atoms with Crippen LogP contribution in [0.5, 0.6) is 0 Å². The van der Waals surface area contributed by atoms with E-state index >= 15 is 0 Å². The minimum absolute atomic E-state index is 0.0370. The van der Waals surface area contributed by atoms with Crippen molar-refractivity contribution < 1.29 is 14.7 Å². The maximum absolute atomic E-state index is 12.4. The van der Waals surface area contributed by atoms with Gasteiger partial charge in [0, 0.05) is 25.7 Å². The summed E-state index contributed by atoms with van der Waals surface area (Å²) in [5, 5.41) is 8.74. The summed E-state index contributed by atoms with van der Waals surface area (Å²) < 4.78 is 0. The minimum Gasteiger partial charge on any atom is -0.481 e. The first kappa shape index (κ1) is 13.2. The number of aliphatic carboxylic acids is 1. The van der Waals surface area contributed by atoms with E-state index in [0.717, 1.165) is 25.9 Å². The molecule has 0 aromatic rings. The summed E-state index contributed by atoms with van der Waals surface area (Å²) in [6.07, 6.45) is 2.08. The van der Waals surface area contributed by atoms with Gasteiger partial charge in [0.15, 0.2) is 0 Å². The van der Waals surface area contributed by atoms with Crippen LogP contribution in [-0.2, 0) is 4.79 Å². The highest BCUT2D eigenvalue weighted by atomic mass is 16.4. The number of carboxylic acid groups (broad SMARTS) is 1. The van der Waals surface area contributed by atoms with Crippen LogP contribution >= 0.6 is 0 Å². The highest BCUT2D eigenvalue weighted by Gasteiger charge is 2.38. The van der Waals surface area contributed by atoms with Crippen LogP contribution in [0.4, 0.5) is 4.79 Å². The number of likely N-dealkylation sites (tertiary alicyclic amines) is 1. The summed E-state index contributed by atoms with van der Waals surface area (Å²) in [5.41, 5.74) is 0. The highest BCUT2D eigenvalue weighted by Crippen LogP contribution is 2.30. The van der Waals surface area contributed by atoms with Gasteiger partial charge in [0.25, 0.3) is 0 Å². The quantitative estimate of drug-likeness (QED) is 0.829. The van der Waals surface area contributed by atoms with Gasteiger partial charge in [-0.2, -0.15) is 0 Å². The van der Waals surface area contributed by atoms with Gasteiger partial charge in [0.05, 0.1) is 6.42 Å². The molecule has 0 spiro atoms. The Labute approximate surface area is 108 Å². The van der Waals surface area contributed by atoms with Gasteiger partial charge >= 0.3 is 12.0 Å². The van der Waals surface area contributed by atoms with Gasteiger partial charge < -0.3 is 14.9 Å². The molecule has 5 nitrogen and oxygen atoms in total. The van der Waals surface area contributed by atoms with Crippen LogP contribution in [0.15, 0.2) is 0 Å². The van der Waals surface area contributed by atoms with Crippen molar-refractivity contribution in [2.75, 3.05) is 19.6 Å². The van der Waals surface area contributed by atoms with E-state index in [1.165, 1.54) is 0 Å². The van der Waals surface area contributed by atoms with Crippen LogP contribution in [0.1, 0.15) is 33.1 Å². The zero-order valence-electron chi connectivity index (χ0n) is 11.1. The largest absolute Gasteiger partial charge is 0.481 e. The van der Waals surface area contributed by atoms with E-state index in [1.807, 2.05) is 4.90 Å². The van der Waals surface area contributed by atoms with E-state index in [0.29, 0.717) is 18.4 Å². The zero-order chi connectivity index (χ0) is 13.3. The number of rotatable bonds is 4. The molecule has 2 amide bonds. The Morgan fingerprint density at radius 2 is 1.78 bits per heavy atom. The average molecular weight is 254 g/mol. The number of carbonyl (C=O) groups is 2. The van der Waals surface area contributed by atoms with E-state index in [1.54, 1.807) is 4.90 Å². The fraction of sp³-hybridized carbons (Fsp3) is 0.846. The Kier molecular flexibility index (Phi) is 3.78. The molecule has 1 aliphatic heterocycles. The molecule has 5 heteroatoms. The van der Waals surface area contributed by atoms with Crippen molar-refractivity contribution in [2.45, 2.75) is 39.2 Å². The summed E-state index contributed by atoms with van der Waals surface area (Å²) in [5.74, 6) is 0.237. The molecule has 2 rings (SSSR count). The second kappa shape index (κ2) is 5.16. The lowest BCUT2D eigenvalue weighted by Crippen LogP contribution is -2.44. The molecule has 2 fully saturated rings. The molecule has 1 aliphatic carbocycles. The molecule has 2 unspecified atom stereocenters. The van der Waals surface area contributed by atoms with Gasteiger partial charge in [-0.1, -0.05) is 13.8 Å². The summed E-state index contributed by atoms with van der Waals surface area (Å²) in [7, 11) is 0. The van der Waals surface area contributed by atoms with Crippen molar-refractivity contribution in [1.82, 2.24) is 9.80 Å². The number of hydrogen-bond donors (Lipinski definition) is 1. The van der Waals surface area contributed by atoms with E-state index < -0.39 is 5.97 Å². The third-order valence-electron chi connectivity index (χ3n) is 4.06. The summed E-state index contributed by atoms with van der Waals surface area (Å²) in [6.45, 7) is 6.28. The number of carboxylic acids is 1. The van der Waals surface area contributed by atoms with E-state index in [2.05, 4.69) is 13.8 Å². The van der Waals surface area contributed by atoms with E-state index in [-0.39, 0.29) is 18.5 Å². The Bertz CT molecular complexity index is 331. The van der Waals surface area contributed by atoms with E-state index in [9.17, 15) is 9.59 Å². The van der Waals surface area contributed by atoms with Gasteiger partial charge in [0.1, 0.15) is 0 Å². The summed E-state index contributed by atoms with van der Waals surface area (Å²) >= 11 is 0. The predicted octanol–water partition coefficient (Wildman–Crippen LogP) is 1.63. The molecule has 0 aromatic heterocycles. The van der Waals surface area contributed by atoms with Crippen molar-refractivity contribution in [3.63, 3.8) is 0 Å². The smallest absolute Gasteiger partial charge is 0.320 e.